The maximum absolute atomic E-state index is 9.16. The fourth-order valence-electron chi connectivity index (χ4n) is 2.78. The molecule has 0 aromatic heterocycles. The number of nitriles is 1. The number of fused-ring (bicyclic) bond motifs is 1. The van der Waals surface area contributed by atoms with Crippen molar-refractivity contribution in [2.75, 3.05) is 13.1 Å². The molecule has 1 fully saturated rings. The lowest BCUT2D eigenvalue weighted by molar-refractivity contribution is 0.244. The van der Waals surface area contributed by atoms with Gasteiger partial charge in [0.25, 0.3) is 0 Å². The van der Waals surface area contributed by atoms with Crippen molar-refractivity contribution in [3.8, 4) is 6.07 Å². The summed E-state index contributed by atoms with van der Waals surface area (Å²) in [5.41, 5.74) is 2.95. The second-order valence-corrected chi connectivity index (χ2v) is 5.71. The van der Waals surface area contributed by atoms with Gasteiger partial charge in [0.2, 0.25) is 0 Å². The molecule has 0 amide bonds. The molecule has 1 aliphatic carbocycles. The van der Waals surface area contributed by atoms with Crippen LogP contribution in [0.2, 0.25) is 0 Å². The van der Waals surface area contributed by atoms with E-state index in [1.807, 2.05) is 0 Å². The fraction of sp³-hybridized carbons (Fsp3) is 0.562. The van der Waals surface area contributed by atoms with Gasteiger partial charge in [-0.05, 0) is 36.8 Å². The molecule has 1 heterocycles. The van der Waals surface area contributed by atoms with E-state index >= 15 is 0 Å². The first kappa shape index (κ1) is 12.7. The predicted octanol–water partition coefficient (Wildman–Crippen LogP) is 2.08. The Morgan fingerprint density at radius 1 is 1.32 bits per heavy atom. The summed E-state index contributed by atoms with van der Waals surface area (Å²) in [4.78, 5) is 2.47. The summed E-state index contributed by atoms with van der Waals surface area (Å²) in [6.07, 6.45) is 4.57. The highest BCUT2D eigenvalue weighted by Gasteiger charge is 2.25. The van der Waals surface area contributed by atoms with E-state index in [2.05, 4.69) is 40.6 Å². The zero-order valence-corrected chi connectivity index (χ0v) is 11.3. The first-order chi connectivity index (χ1) is 9.35. The van der Waals surface area contributed by atoms with Crippen LogP contribution in [-0.4, -0.2) is 30.1 Å². The second kappa shape index (κ2) is 5.73. The van der Waals surface area contributed by atoms with Crippen molar-refractivity contribution in [1.82, 2.24) is 10.2 Å². The quantitative estimate of drug-likeness (QED) is 0.875. The lowest BCUT2D eigenvalue weighted by atomic mass is 9.99. The molecule has 19 heavy (non-hydrogen) atoms. The molecule has 3 nitrogen and oxygen atoms in total. The Hall–Kier alpha value is -1.37. The maximum atomic E-state index is 9.16. The van der Waals surface area contributed by atoms with Crippen LogP contribution < -0.4 is 5.32 Å². The third-order valence-corrected chi connectivity index (χ3v) is 4.11. The van der Waals surface area contributed by atoms with Gasteiger partial charge in [0.05, 0.1) is 12.1 Å². The van der Waals surface area contributed by atoms with Gasteiger partial charge in [0.1, 0.15) is 0 Å². The zero-order valence-electron chi connectivity index (χ0n) is 11.3. The van der Waals surface area contributed by atoms with Crippen LogP contribution in [0.1, 0.15) is 30.4 Å². The van der Waals surface area contributed by atoms with E-state index < -0.39 is 0 Å². The van der Waals surface area contributed by atoms with Gasteiger partial charge in [-0.15, -0.1) is 0 Å². The summed E-state index contributed by atoms with van der Waals surface area (Å²) in [5.74, 6) is 0. The van der Waals surface area contributed by atoms with Crippen molar-refractivity contribution >= 4 is 0 Å². The number of nitrogens with one attached hydrogen (secondary N) is 1. The normalized spacial score (nSPS) is 20.6. The SMILES string of the molecule is N#CC(CCN1CCc2ccccc2C1)NC1CC1. The van der Waals surface area contributed by atoms with Crippen molar-refractivity contribution in [3.63, 3.8) is 0 Å². The van der Waals surface area contributed by atoms with Crippen LogP contribution in [-0.2, 0) is 13.0 Å². The summed E-state index contributed by atoms with van der Waals surface area (Å²) < 4.78 is 0. The minimum Gasteiger partial charge on any atom is -0.299 e. The summed E-state index contributed by atoms with van der Waals surface area (Å²) in [7, 11) is 0. The van der Waals surface area contributed by atoms with E-state index in [-0.39, 0.29) is 6.04 Å². The van der Waals surface area contributed by atoms with Crippen LogP contribution >= 0.6 is 0 Å². The Labute approximate surface area is 115 Å². The predicted molar refractivity (Wildman–Crippen MR) is 75.6 cm³/mol. The van der Waals surface area contributed by atoms with Gasteiger partial charge < -0.3 is 0 Å². The number of benzene rings is 1. The topological polar surface area (TPSA) is 39.1 Å². The maximum Gasteiger partial charge on any atom is 0.0967 e. The molecule has 0 saturated heterocycles. The highest BCUT2D eigenvalue weighted by atomic mass is 15.1. The minimum atomic E-state index is 0.0321. The molecule has 1 unspecified atom stereocenters. The molecule has 1 aromatic carbocycles. The van der Waals surface area contributed by atoms with E-state index in [0.717, 1.165) is 32.5 Å². The average molecular weight is 255 g/mol. The van der Waals surface area contributed by atoms with Gasteiger partial charge in [-0.3, -0.25) is 10.2 Å². The van der Waals surface area contributed by atoms with Crippen molar-refractivity contribution in [1.29, 1.82) is 5.26 Å². The van der Waals surface area contributed by atoms with Crippen LogP contribution in [0, 0.1) is 11.3 Å². The van der Waals surface area contributed by atoms with Crippen molar-refractivity contribution in [3.05, 3.63) is 35.4 Å². The lowest BCUT2D eigenvalue weighted by Gasteiger charge is -2.29. The van der Waals surface area contributed by atoms with Crippen molar-refractivity contribution < 1.29 is 0 Å². The molecular weight excluding hydrogens is 234 g/mol. The first-order valence-corrected chi connectivity index (χ1v) is 7.30. The third kappa shape index (κ3) is 3.34. The fourth-order valence-corrected chi connectivity index (χ4v) is 2.78. The molecule has 3 heteroatoms. The van der Waals surface area contributed by atoms with Crippen LogP contribution in [0.3, 0.4) is 0 Å². The second-order valence-electron chi connectivity index (χ2n) is 5.71. The van der Waals surface area contributed by atoms with Gasteiger partial charge in [-0.2, -0.15) is 5.26 Å². The highest BCUT2D eigenvalue weighted by Crippen LogP contribution is 2.21. The van der Waals surface area contributed by atoms with Gasteiger partial charge in [0, 0.05) is 25.7 Å². The average Bonchev–Trinajstić information content (AvgIpc) is 3.27. The van der Waals surface area contributed by atoms with Gasteiger partial charge >= 0.3 is 0 Å². The Morgan fingerprint density at radius 2 is 2.11 bits per heavy atom. The summed E-state index contributed by atoms with van der Waals surface area (Å²) in [6, 6.07) is 11.8. The van der Waals surface area contributed by atoms with Crippen LogP contribution in [0.4, 0.5) is 0 Å². The van der Waals surface area contributed by atoms with E-state index in [9.17, 15) is 0 Å². The molecule has 0 spiro atoms. The third-order valence-electron chi connectivity index (χ3n) is 4.11. The Kier molecular flexibility index (Phi) is 3.82. The minimum absolute atomic E-state index is 0.0321. The molecule has 1 N–H and O–H groups in total. The smallest absolute Gasteiger partial charge is 0.0967 e. The molecule has 1 saturated carbocycles. The largest absolute Gasteiger partial charge is 0.299 e. The number of hydrogen-bond acceptors (Lipinski definition) is 3. The highest BCUT2D eigenvalue weighted by molar-refractivity contribution is 5.29. The molecule has 1 aliphatic heterocycles. The molecule has 0 bridgehead atoms. The first-order valence-electron chi connectivity index (χ1n) is 7.30. The molecule has 3 rings (SSSR count). The monoisotopic (exact) mass is 255 g/mol. The molecule has 1 atom stereocenters. The lowest BCUT2D eigenvalue weighted by Crippen LogP contribution is -2.36. The summed E-state index contributed by atoms with van der Waals surface area (Å²) in [5, 5.41) is 12.6. The van der Waals surface area contributed by atoms with Crippen molar-refractivity contribution in [2.24, 2.45) is 0 Å². The van der Waals surface area contributed by atoms with Gasteiger partial charge in [-0.1, -0.05) is 24.3 Å². The summed E-state index contributed by atoms with van der Waals surface area (Å²) in [6.45, 7) is 3.18. The summed E-state index contributed by atoms with van der Waals surface area (Å²) >= 11 is 0. The van der Waals surface area contributed by atoms with E-state index in [4.69, 9.17) is 5.26 Å². The Morgan fingerprint density at radius 3 is 2.84 bits per heavy atom. The molecule has 2 aliphatic rings. The van der Waals surface area contributed by atoms with Crippen LogP contribution in [0.15, 0.2) is 24.3 Å². The molecule has 1 aromatic rings. The van der Waals surface area contributed by atoms with Crippen LogP contribution in [0.5, 0.6) is 0 Å². The molecule has 0 radical (unpaired) electrons. The number of nitrogens with zero attached hydrogens (tertiary/aromatic N) is 2. The van der Waals surface area contributed by atoms with Crippen LogP contribution in [0.25, 0.3) is 0 Å². The van der Waals surface area contributed by atoms with E-state index in [0.29, 0.717) is 6.04 Å². The molecule has 100 valence electrons. The standard InChI is InChI=1S/C16H21N3/c17-11-16(18-15-5-6-15)8-10-19-9-7-13-3-1-2-4-14(13)12-19/h1-4,15-16,18H,5-10,12H2. The Bertz CT molecular complexity index is 473. The van der Waals surface area contributed by atoms with E-state index in [1.54, 1.807) is 0 Å². The van der Waals surface area contributed by atoms with Gasteiger partial charge in [0.15, 0.2) is 0 Å². The molecular formula is C16H21N3. The van der Waals surface area contributed by atoms with Gasteiger partial charge in [-0.25, -0.2) is 0 Å². The zero-order chi connectivity index (χ0) is 13.1. The van der Waals surface area contributed by atoms with Crippen molar-refractivity contribution in [2.45, 2.75) is 44.3 Å². The number of rotatable bonds is 5. The Balaban J connectivity index is 1.50. The number of hydrogen-bond donors (Lipinski definition) is 1. The van der Waals surface area contributed by atoms with E-state index in [1.165, 1.54) is 24.0 Å².